The molecule has 1 aliphatic rings. The van der Waals surface area contributed by atoms with Crippen LogP contribution in [0.2, 0.25) is 0 Å². The Kier molecular flexibility index (Phi) is 9.38. The molecule has 216 valence electrons. The molecule has 12 heteroatoms. The number of carbonyl (C=O) groups is 5. The van der Waals surface area contributed by atoms with Gasteiger partial charge in [-0.2, -0.15) is 0 Å². The van der Waals surface area contributed by atoms with Crippen molar-refractivity contribution in [3.05, 3.63) is 87.4 Å². The van der Waals surface area contributed by atoms with Crippen LogP contribution in [0, 0.1) is 6.92 Å². The summed E-state index contributed by atoms with van der Waals surface area (Å²) >= 11 is 3.42. The van der Waals surface area contributed by atoms with E-state index in [-0.39, 0.29) is 47.4 Å². The highest BCUT2D eigenvalue weighted by Crippen LogP contribution is 2.38. The zero-order valence-electron chi connectivity index (χ0n) is 22.9. The molecule has 2 N–H and O–H groups in total. The van der Waals surface area contributed by atoms with Crippen LogP contribution in [0.5, 0.6) is 11.5 Å². The first-order chi connectivity index (χ1) is 20.1. The standard InChI is InChI=1S/C30H26BrN3O8/c1-4-41-24-15-18(14-23(31)26(24)42-16-25(35)32-20-7-5-6-17(2)12-20)13-22-27(36)33-30(39)34(28(22)37)21-10-8-19(9-11-21)29(38)40-3/h5-15H,4,16H2,1-3H3,(H,32,35)(H,33,36,39)/b22-13+. The smallest absolute Gasteiger partial charge is 0.337 e. The van der Waals surface area contributed by atoms with Gasteiger partial charge in [0.1, 0.15) is 5.57 Å². The van der Waals surface area contributed by atoms with Gasteiger partial charge in [-0.05, 0) is 95.5 Å². The number of halogens is 1. The highest BCUT2D eigenvalue weighted by molar-refractivity contribution is 9.10. The number of imide groups is 2. The van der Waals surface area contributed by atoms with Crippen molar-refractivity contribution < 1.29 is 38.2 Å². The van der Waals surface area contributed by atoms with E-state index in [0.717, 1.165) is 10.5 Å². The fourth-order valence-electron chi connectivity index (χ4n) is 4.05. The first kappa shape index (κ1) is 30.0. The van der Waals surface area contributed by atoms with E-state index in [1.54, 1.807) is 25.1 Å². The molecule has 4 rings (SSSR count). The molecule has 42 heavy (non-hydrogen) atoms. The lowest BCUT2D eigenvalue weighted by molar-refractivity contribution is -0.122. The first-order valence-electron chi connectivity index (χ1n) is 12.7. The van der Waals surface area contributed by atoms with Gasteiger partial charge in [-0.1, -0.05) is 12.1 Å². The number of rotatable bonds is 9. The minimum absolute atomic E-state index is 0.146. The summed E-state index contributed by atoms with van der Waals surface area (Å²) in [6.07, 6.45) is 1.31. The minimum atomic E-state index is -0.933. The number of benzene rings is 3. The van der Waals surface area contributed by atoms with Crippen LogP contribution in [0.1, 0.15) is 28.4 Å². The maximum absolute atomic E-state index is 13.3. The van der Waals surface area contributed by atoms with E-state index in [1.807, 2.05) is 25.1 Å². The maximum atomic E-state index is 13.3. The molecule has 0 aromatic heterocycles. The van der Waals surface area contributed by atoms with Gasteiger partial charge in [0.05, 0.1) is 29.4 Å². The van der Waals surface area contributed by atoms with E-state index in [0.29, 0.717) is 15.7 Å². The molecule has 0 radical (unpaired) electrons. The fourth-order valence-corrected chi connectivity index (χ4v) is 4.63. The van der Waals surface area contributed by atoms with Gasteiger partial charge >= 0.3 is 12.0 Å². The van der Waals surface area contributed by atoms with Crippen LogP contribution in [0.4, 0.5) is 16.2 Å². The van der Waals surface area contributed by atoms with Gasteiger partial charge in [0, 0.05) is 5.69 Å². The SMILES string of the molecule is CCOc1cc(/C=C2\C(=O)NC(=O)N(c3ccc(C(=O)OC)cc3)C2=O)cc(Br)c1OCC(=O)Nc1cccc(C)c1. The third kappa shape index (κ3) is 6.84. The molecule has 3 aromatic carbocycles. The van der Waals surface area contributed by atoms with Crippen molar-refractivity contribution >= 4 is 63.1 Å². The van der Waals surface area contributed by atoms with Crippen molar-refractivity contribution in [3.63, 3.8) is 0 Å². The first-order valence-corrected chi connectivity index (χ1v) is 13.5. The number of barbiturate groups is 1. The summed E-state index contributed by atoms with van der Waals surface area (Å²) in [6.45, 7) is 3.64. The second-order valence-electron chi connectivity index (χ2n) is 8.97. The molecule has 1 aliphatic heterocycles. The van der Waals surface area contributed by atoms with Gasteiger partial charge in [-0.25, -0.2) is 14.5 Å². The predicted octanol–water partition coefficient (Wildman–Crippen LogP) is 4.63. The number of carbonyl (C=O) groups excluding carboxylic acids is 5. The normalized spacial score (nSPS) is 14.0. The molecule has 0 bridgehead atoms. The number of hydrogen-bond donors (Lipinski definition) is 2. The van der Waals surface area contributed by atoms with E-state index >= 15 is 0 Å². The molecule has 0 spiro atoms. The van der Waals surface area contributed by atoms with Crippen LogP contribution in [0.15, 0.2) is 70.7 Å². The Labute approximate surface area is 249 Å². The number of aryl methyl sites for hydroxylation is 1. The lowest BCUT2D eigenvalue weighted by Gasteiger charge is -2.26. The Balaban J connectivity index is 1.57. The summed E-state index contributed by atoms with van der Waals surface area (Å²) in [5, 5.41) is 4.92. The number of urea groups is 1. The number of methoxy groups -OCH3 is 1. The molecular weight excluding hydrogens is 610 g/mol. The molecule has 1 saturated heterocycles. The third-order valence-corrected chi connectivity index (χ3v) is 6.53. The number of ether oxygens (including phenoxy) is 3. The van der Waals surface area contributed by atoms with Gasteiger partial charge in [0.15, 0.2) is 18.1 Å². The molecular formula is C30H26BrN3O8. The Morgan fingerprint density at radius 2 is 1.76 bits per heavy atom. The predicted molar refractivity (Wildman–Crippen MR) is 157 cm³/mol. The van der Waals surface area contributed by atoms with Gasteiger partial charge in [-0.3, -0.25) is 19.7 Å². The minimum Gasteiger partial charge on any atom is -0.490 e. The van der Waals surface area contributed by atoms with Crippen molar-refractivity contribution in [1.82, 2.24) is 5.32 Å². The van der Waals surface area contributed by atoms with Crippen molar-refractivity contribution in [2.75, 3.05) is 30.5 Å². The van der Waals surface area contributed by atoms with Crippen LogP contribution < -0.4 is 25.0 Å². The van der Waals surface area contributed by atoms with Gasteiger partial charge in [-0.15, -0.1) is 0 Å². The summed E-state index contributed by atoms with van der Waals surface area (Å²) in [5.41, 5.74) is 2.07. The van der Waals surface area contributed by atoms with Crippen LogP contribution in [-0.2, 0) is 19.1 Å². The second-order valence-corrected chi connectivity index (χ2v) is 9.82. The average Bonchev–Trinajstić information content (AvgIpc) is 2.95. The maximum Gasteiger partial charge on any atom is 0.337 e. The Hall–Kier alpha value is -4.97. The molecule has 0 unspecified atom stereocenters. The monoisotopic (exact) mass is 635 g/mol. The van der Waals surface area contributed by atoms with Crippen molar-refractivity contribution in [3.8, 4) is 11.5 Å². The summed E-state index contributed by atoms with van der Waals surface area (Å²) in [4.78, 5) is 63.5. The molecule has 5 amide bonds. The number of anilines is 2. The molecule has 1 fully saturated rings. The quantitative estimate of drug-likeness (QED) is 0.197. The number of nitrogens with one attached hydrogen (secondary N) is 2. The fraction of sp³-hybridized carbons (Fsp3) is 0.167. The van der Waals surface area contributed by atoms with Crippen LogP contribution in [-0.4, -0.2) is 50.0 Å². The van der Waals surface area contributed by atoms with E-state index in [2.05, 4.69) is 31.3 Å². The highest BCUT2D eigenvalue weighted by Gasteiger charge is 2.37. The van der Waals surface area contributed by atoms with Gasteiger partial charge < -0.3 is 19.5 Å². The second kappa shape index (κ2) is 13.1. The van der Waals surface area contributed by atoms with E-state index < -0.39 is 23.8 Å². The van der Waals surface area contributed by atoms with E-state index in [1.165, 1.54) is 37.5 Å². The van der Waals surface area contributed by atoms with Crippen molar-refractivity contribution in [2.24, 2.45) is 0 Å². The molecule has 1 heterocycles. The van der Waals surface area contributed by atoms with Crippen molar-refractivity contribution in [2.45, 2.75) is 13.8 Å². The lowest BCUT2D eigenvalue weighted by Crippen LogP contribution is -2.54. The third-order valence-electron chi connectivity index (χ3n) is 5.94. The lowest BCUT2D eigenvalue weighted by atomic mass is 10.1. The van der Waals surface area contributed by atoms with Gasteiger partial charge in [0.25, 0.3) is 17.7 Å². The summed E-state index contributed by atoms with van der Waals surface area (Å²) in [5.74, 6) is -2.19. The van der Waals surface area contributed by atoms with Gasteiger partial charge in [0.2, 0.25) is 0 Å². The van der Waals surface area contributed by atoms with E-state index in [9.17, 15) is 24.0 Å². The topological polar surface area (TPSA) is 140 Å². The average molecular weight is 636 g/mol. The molecule has 0 atom stereocenters. The molecule has 0 aliphatic carbocycles. The largest absolute Gasteiger partial charge is 0.490 e. The Bertz CT molecular complexity index is 1600. The zero-order valence-corrected chi connectivity index (χ0v) is 24.4. The van der Waals surface area contributed by atoms with Crippen molar-refractivity contribution in [1.29, 1.82) is 0 Å². The zero-order chi connectivity index (χ0) is 30.4. The number of hydrogen-bond acceptors (Lipinski definition) is 8. The summed E-state index contributed by atoms with van der Waals surface area (Å²) in [6, 6.07) is 15.1. The number of amides is 5. The Morgan fingerprint density at radius 1 is 1.02 bits per heavy atom. The van der Waals surface area contributed by atoms with E-state index in [4.69, 9.17) is 9.47 Å². The molecule has 11 nitrogen and oxygen atoms in total. The number of esters is 1. The highest BCUT2D eigenvalue weighted by atomic mass is 79.9. The molecule has 3 aromatic rings. The van der Waals surface area contributed by atoms with Crippen LogP contribution in [0.25, 0.3) is 6.08 Å². The number of nitrogens with zero attached hydrogens (tertiary/aromatic N) is 1. The molecule has 0 saturated carbocycles. The van der Waals surface area contributed by atoms with Crippen LogP contribution >= 0.6 is 15.9 Å². The summed E-state index contributed by atoms with van der Waals surface area (Å²) < 4.78 is 16.5. The van der Waals surface area contributed by atoms with Crippen LogP contribution in [0.3, 0.4) is 0 Å². The Morgan fingerprint density at radius 3 is 2.43 bits per heavy atom. The summed E-state index contributed by atoms with van der Waals surface area (Å²) in [7, 11) is 1.23.